The van der Waals surface area contributed by atoms with Crippen LogP contribution in [0.2, 0.25) is 26.6 Å². The average molecular weight is 1110 g/mol. The van der Waals surface area contributed by atoms with E-state index in [-0.39, 0.29) is 0 Å². The molecule has 0 fully saturated rings. The maximum absolute atomic E-state index is 9.25. The molecule has 0 bridgehead atoms. The summed E-state index contributed by atoms with van der Waals surface area (Å²) in [5, 5.41) is 41.1. The van der Waals surface area contributed by atoms with Crippen molar-refractivity contribution in [2.24, 2.45) is 11.8 Å². The van der Waals surface area contributed by atoms with E-state index in [2.05, 4.69) is 88.3 Å². The molecule has 0 aliphatic heterocycles. The molecule has 12 heteroatoms. The van der Waals surface area contributed by atoms with E-state index in [0.29, 0.717) is 0 Å². The van der Waals surface area contributed by atoms with E-state index in [1.165, 1.54) is 116 Å². The second-order valence-corrected chi connectivity index (χ2v) is 33.1. The summed E-state index contributed by atoms with van der Waals surface area (Å²) < 4.78 is 10.1. The number of carboxylic acids is 5. The van der Waals surface area contributed by atoms with Crippen LogP contribution in [0, 0.1) is 11.8 Å². The molecule has 0 saturated carbocycles. The average Bonchev–Trinajstić information content (AvgIpc) is 3.25. The third-order valence-corrected chi connectivity index (χ3v) is 27.2. The standard InChI is InChI=1S/2C10H21.4C4H9.5C3H4O2.2Sn/c2*1-4-5-6-7-8-9-10(2)3;4*1-3-4-2;5*1-2-3(4)5;;/h2*10H,1,4-9H2,2-3H3;4*1,3-4H2,2H3;5*2H,1H2,(H,4,5);;/q;;;;;;;;;;;2*+1/p-2. The minimum atomic E-state index is -1.23. The van der Waals surface area contributed by atoms with Gasteiger partial charge >= 0.3 is 280 Å². The van der Waals surface area contributed by atoms with Gasteiger partial charge in [0.05, 0.1) is 11.9 Å². The molecule has 0 aromatic rings. The molecule has 0 aromatic heterocycles. The van der Waals surface area contributed by atoms with E-state index < -0.39 is 69.4 Å². The third kappa shape index (κ3) is 104. The van der Waals surface area contributed by atoms with E-state index in [0.717, 1.165) is 42.2 Å². The van der Waals surface area contributed by atoms with Crippen molar-refractivity contribution in [3.8, 4) is 0 Å². The van der Waals surface area contributed by atoms with Crippen LogP contribution in [0.15, 0.2) is 63.3 Å². The van der Waals surface area contributed by atoms with E-state index in [1.807, 2.05) is 0 Å². The first-order valence-electron chi connectivity index (χ1n) is 23.7. The summed E-state index contributed by atoms with van der Waals surface area (Å²) in [5.74, 6) is -3.60. The van der Waals surface area contributed by atoms with Crippen LogP contribution >= 0.6 is 0 Å². The van der Waals surface area contributed by atoms with Crippen molar-refractivity contribution in [1.29, 1.82) is 0 Å². The Bertz CT molecular complexity index is 918. The fourth-order valence-corrected chi connectivity index (χ4v) is 23.7. The summed E-state index contributed by atoms with van der Waals surface area (Å²) in [5.41, 5.74) is 0. The Hall–Kier alpha value is -2.35. The van der Waals surface area contributed by atoms with Gasteiger partial charge < -0.3 is 35.1 Å². The van der Waals surface area contributed by atoms with Crippen LogP contribution in [-0.4, -0.2) is 84.7 Å². The summed E-state index contributed by atoms with van der Waals surface area (Å²) in [7, 11) is 0. The summed E-state index contributed by atoms with van der Waals surface area (Å²) >= 11 is -1.84. The van der Waals surface area contributed by atoms with Crippen LogP contribution in [0.3, 0.4) is 0 Å². The first-order valence-corrected chi connectivity index (χ1v) is 35.8. The van der Waals surface area contributed by atoms with Crippen molar-refractivity contribution in [2.75, 3.05) is 0 Å². The van der Waals surface area contributed by atoms with Crippen LogP contribution in [0.5, 0.6) is 0 Å². The molecule has 368 valence electrons. The Morgan fingerprint density at radius 2 is 0.571 bits per heavy atom. The van der Waals surface area contributed by atoms with Crippen molar-refractivity contribution in [3.05, 3.63) is 63.3 Å². The number of carbonyl (C=O) groups is 5. The molecule has 0 amide bonds. The number of aliphatic carboxylic acids is 5. The van der Waals surface area contributed by atoms with Crippen LogP contribution in [-0.2, 0) is 24.0 Å². The van der Waals surface area contributed by atoms with Crippen molar-refractivity contribution in [3.63, 3.8) is 0 Å². The Labute approximate surface area is 401 Å². The van der Waals surface area contributed by atoms with Gasteiger partial charge in [-0.2, -0.15) is 0 Å². The molecule has 0 spiro atoms. The summed E-state index contributed by atoms with van der Waals surface area (Å²) in [6, 6.07) is 0. The van der Waals surface area contributed by atoms with Crippen LogP contribution in [0.1, 0.15) is 184 Å². The summed E-state index contributed by atoms with van der Waals surface area (Å²) in [6.45, 7) is 33.5. The SMILES string of the molecule is C=CC(=O)O.C=CC(=O)O.C=CC(=O)O.C=CC(=O)[O-].C=CC(=O)[O-].CCC[CH2][Sn+]([CH2]CCC)[CH2]CCCCCCC(C)C.CCC[CH2][Sn+]([CH2]CCC)[CH2]CCCCCCC(C)C. The molecule has 3 N–H and O–H groups in total. The molecule has 10 nitrogen and oxygen atoms in total. The molecule has 0 atom stereocenters. The number of hydrogen-bond donors (Lipinski definition) is 3. The van der Waals surface area contributed by atoms with Gasteiger partial charge in [0.15, 0.2) is 0 Å². The Kier molecular flexibility index (Phi) is 78.8. The second-order valence-electron chi connectivity index (χ2n) is 16.0. The first-order chi connectivity index (χ1) is 29.8. The van der Waals surface area contributed by atoms with E-state index >= 15 is 0 Å². The van der Waals surface area contributed by atoms with Crippen molar-refractivity contribution in [2.45, 2.75) is 210 Å². The number of carboxylic acid groups (broad SMARTS) is 5. The van der Waals surface area contributed by atoms with E-state index in [4.69, 9.17) is 35.1 Å². The number of unbranched alkanes of at least 4 members (excludes halogenated alkanes) is 12. The van der Waals surface area contributed by atoms with Gasteiger partial charge in [0.1, 0.15) is 0 Å². The quantitative estimate of drug-likeness (QED) is 0.0324. The van der Waals surface area contributed by atoms with Crippen molar-refractivity contribution < 1.29 is 49.5 Å². The van der Waals surface area contributed by atoms with Gasteiger partial charge in [0.25, 0.3) is 0 Å². The zero-order valence-electron chi connectivity index (χ0n) is 41.7. The molecule has 63 heavy (non-hydrogen) atoms. The van der Waals surface area contributed by atoms with Crippen LogP contribution in [0.4, 0.5) is 0 Å². The second kappa shape index (κ2) is 66.3. The summed E-state index contributed by atoms with van der Waals surface area (Å²) in [4.78, 5) is 46.0. The maximum atomic E-state index is 9.25. The van der Waals surface area contributed by atoms with E-state index in [1.54, 1.807) is 39.5 Å². The number of rotatable bonds is 33. The van der Waals surface area contributed by atoms with Gasteiger partial charge in [-0.15, -0.1) is 0 Å². The normalized spacial score (nSPS) is 9.30. The topological polar surface area (TPSA) is 192 Å². The van der Waals surface area contributed by atoms with Crippen LogP contribution < -0.4 is 10.2 Å². The Morgan fingerprint density at radius 3 is 0.730 bits per heavy atom. The Morgan fingerprint density at radius 1 is 0.397 bits per heavy atom. The predicted octanol–water partition coefficient (Wildman–Crippen LogP) is 12.8. The van der Waals surface area contributed by atoms with E-state index in [9.17, 15) is 14.4 Å². The minimum absolute atomic E-state index is 0.722. The third-order valence-electron chi connectivity index (χ3n) is 9.02. The molecule has 0 aliphatic carbocycles. The fourth-order valence-electron chi connectivity index (χ4n) is 5.37. The molecule has 0 aromatic carbocycles. The van der Waals surface area contributed by atoms with Gasteiger partial charge in [0.2, 0.25) is 0 Å². The number of carbonyl (C=O) groups excluding carboxylic acids is 2. The van der Waals surface area contributed by atoms with Crippen LogP contribution in [0.25, 0.3) is 0 Å². The first kappa shape index (κ1) is 75.0. The molecule has 0 saturated heterocycles. The van der Waals surface area contributed by atoms with Gasteiger partial charge in [-0.25, -0.2) is 14.4 Å². The molecule has 0 unspecified atom stereocenters. The van der Waals surface area contributed by atoms with Gasteiger partial charge in [-0.3, -0.25) is 0 Å². The molecule has 0 aliphatic rings. The zero-order valence-corrected chi connectivity index (χ0v) is 47.4. The van der Waals surface area contributed by atoms with Crippen molar-refractivity contribution in [1.82, 2.24) is 0 Å². The molecular weight excluding hydrogens is 1010 g/mol. The zero-order chi connectivity index (χ0) is 50.1. The van der Waals surface area contributed by atoms with Gasteiger partial charge in [-0.1, -0.05) is 32.9 Å². The predicted molar refractivity (Wildman–Crippen MR) is 269 cm³/mol. The summed E-state index contributed by atoms with van der Waals surface area (Å²) in [6.07, 6.45) is 33.8. The van der Waals surface area contributed by atoms with Gasteiger partial charge in [-0.05, 0) is 12.2 Å². The number of hydrogen-bond acceptors (Lipinski definition) is 7. The monoisotopic (exact) mass is 1110 g/mol. The molecule has 0 radical (unpaired) electrons. The molecule has 0 heterocycles. The molecular formula is C51H96O10Sn2. The van der Waals surface area contributed by atoms with Gasteiger partial charge in [0, 0.05) is 18.2 Å². The Balaban J connectivity index is -0.000000130. The molecule has 0 rings (SSSR count). The van der Waals surface area contributed by atoms with Crippen molar-refractivity contribution >= 4 is 69.4 Å². The fraction of sp³-hybridized carbons (Fsp3) is 0.706.